The van der Waals surface area contributed by atoms with E-state index in [1.165, 1.54) is 6.26 Å². The summed E-state index contributed by atoms with van der Waals surface area (Å²) in [4.78, 5) is 4.18. The number of hydrogen-bond acceptors (Lipinski definition) is 4. The average molecular weight is 352 g/mol. The van der Waals surface area contributed by atoms with E-state index in [1.54, 1.807) is 7.05 Å². The van der Waals surface area contributed by atoms with E-state index in [0.29, 0.717) is 18.9 Å². The van der Waals surface area contributed by atoms with E-state index in [4.69, 9.17) is 0 Å². The molecule has 1 aliphatic rings. The van der Waals surface area contributed by atoms with Gasteiger partial charge in [0.15, 0.2) is 5.96 Å². The maximum atomic E-state index is 12.0. The molecule has 3 atom stereocenters. The molecular formula is C14H29N3O3S2. The van der Waals surface area contributed by atoms with E-state index in [1.807, 2.05) is 6.92 Å². The van der Waals surface area contributed by atoms with Gasteiger partial charge in [-0.3, -0.25) is 9.20 Å². The molecule has 1 fully saturated rings. The van der Waals surface area contributed by atoms with E-state index in [9.17, 15) is 12.6 Å². The van der Waals surface area contributed by atoms with Crippen LogP contribution in [0, 0.1) is 0 Å². The Labute approximate surface area is 136 Å². The molecule has 0 bridgehead atoms. The molecule has 0 aromatic carbocycles. The number of nitrogens with zero attached hydrogens (tertiary/aromatic N) is 1. The Hall–Kier alpha value is -0.630. The van der Waals surface area contributed by atoms with Crippen LogP contribution in [-0.4, -0.2) is 61.2 Å². The first-order valence-electron chi connectivity index (χ1n) is 7.87. The molecule has 6 nitrogen and oxygen atoms in total. The number of rotatable bonds is 7. The standard InChI is InChI=1S/C14H29N3O3S2/c1-4-21(18)13-8-5-7-12(11-13)17-14(15-2)16-9-6-10-22(3,19)20/h12-13H,4-11H2,1-3H3,(H2,15,16,17). The zero-order valence-corrected chi connectivity index (χ0v) is 15.4. The molecule has 22 heavy (non-hydrogen) atoms. The number of aliphatic imine (C=N–C) groups is 1. The third-order valence-electron chi connectivity index (χ3n) is 3.83. The molecule has 1 aliphatic carbocycles. The number of nitrogens with one attached hydrogen (secondary N) is 2. The van der Waals surface area contributed by atoms with Crippen molar-refractivity contribution in [1.82, 2.24) is 10.6 Å². The summed E-state index contributed by atoms with van der Waals surface area (Å²) in [6.45, 7) is 2.54. The fourth-order valence-electron chi connectivity index (χ4n) is 2.68. The zero-order valence-electron chi connectivity index (χ0n) is 13.8. The van der Waals surface area contributed by atoms with Gasteiger partial charge in [0.2, 0.25) is 0 Å². The first-order valence-corrected chi connectivity index (χ1v) is 11.3. The van der Waals surface area contributed by atoms with Gasteiger partial charge in [-0.15, -0.1) is 0 Å². The van der Waals surface area contributed by atoms with Crippen LogP contribution in [0.4, 0.5) is 0 Å². The third-order valence-corrected chi connectivity index (χ3v) is 6.60. The second kappa shape index (κ2) is 9.50. The molecule has 0 aliphatic heterocycles. The van der Waals surface area contributed by atoms with Crippen LogP contribution in [0.2, 0.25) is 0 Å². The predicted molar refractivity (Wildman–Crippen MR) is 93.6 cm³/mol. The molecule has 0 amide bonds. The van der Waals surface area contributed by atoms with Crippen LogP contribution in [0.15, 0.2) is 4.99 Å². The summed E-state index contributed by atoms with van der Waals surface area (Å²) in [5, 5.41) is 6.79. The molecule has 130 valence electrons. The summed E-state index contributed by atoms with van der Waals surface area (Å²) in [5.74, 6) is 1.59. The van der Waals surface area contributed by atoms with Gasteiger partial charge in [-0.05, 0) is 25.7 Å². The normalized spacial score (nSPS) is 24.8. The van der Waals surface area contributed by atoms with Gasteiger partial charge in [0.1, 0.15) is 9.84 Å². The van der Waals surface area contributed by atoms with Crippen LogP contribution >= 0.6 is 0 Å². The molecule has 0 heterocycles. The van der Waals surface area contributed by atoms with Gasteiger partial charge < -0.3 is 10.6 Å². The highest BCUT2D eigenvalue weighted by Gasteiger charge is 2.25. The lowest BCUT2D eigenvalue weighted by atomic mass is 9.95. The summed E-state index contributed by atoms with van der Waals surface area (Å²) in [5.41, 5.74) is 0. The minimum Gasteiger partial charge on any atom is -0.356 e. The molecule has 2 N–H and O–H groups in total. The van der Waals surface area contributed by atoms with E-state index in [2.05, 4.69) is 15.6 Å². The zero-order chi connectivity index (χ0) is 16.6. The molecule has 0 aromatic rings. The highest BCUT2D eigenvalue weighted by molar-refractivity contribution is 7.90. The predicted octanol–water partition coefficient (Wildman–Crippen LogP) is 0.666. The number of guanidine groups is 1. The lowest BCUT2D eigenvalue weighted by Crippen LogP contribution is -2.47. The maximum Gasteiger partial charge on any atom is 0.191 e. The van der Waals surface area contributed by atoms with E-state index in [-0.39, 0.29) is 17.0 Å². The molecule has 0 radical (unpaired) electrons. The highest BCUT2D eigenvalue weighted by atomic mass is 32.2. The third kappa shape index (κ3) is 7.58. The average Bonchev–Trinajstić information content (AvgIpc) is 2.48. The molecule has 3 unspecified atom stereocenters. The van der Waals surface area contributed by atoms with Crippen LogP contribution < -0.4 is 10.6 Å². The van der Waals surface area contributed by atoms with E-state index < -0.39 is 20.6 Å². The second-order valence-corrected chi connectivity index (χ2v) is 10.0. The molecule has 1 saturated carbocycles. The monoisotopic (exact) mass is 351 g/mol. The van der Waals surface area contributed by atoms with Gasteiger partial charge in [0.05, 0.1) is 5.75 Å². The van der Waals surface area contributed by atoms with Crippen molar-refractivity contribution in [2.75, 3.05) is 31.4 Å². The quantitative estimate of drug-likeness (QED) is 0.400. The summed E-state index contributed by atoms with van der Waals surface area (Å²) in [6.07, 6.45) is 5.90. The van der Waals surface area contributed by atoms with Crippen LogP contribution in [0.25, 0.3) is 0 Å². The van der Waals surface area contributed by atoms with Crippen LogP contribution in [0.3, 0.4) is 0 Å². The second-order valence-electron chi connectivity index (χ2n) is 5.78. The molecule has 0 spiro atoms. The lowest BCUT2D eigenvalue weighted by Gasteiger charge is -2.30. The smallest absolute Gasteiger partial charge is 0.191 e. The topological polar surface area (TPSA) is 87.6 Å². The van der Waals surface area contributed by atoms with Crippen LogP contribution in [0.1, 0.15) is 39.0 Å². The number of sulfone groups is 1. The summed E-state index contributed by atoms with van der Waals surface area (Å²) < 4.78 is 34.1. The molecular weight excluding hydrogens is 322 g/mol. The Bertz CT molecular complexity index is 492. The molecule has 0 saturated heterocycles. The van der Waals surface area contributed by atoms with Crippen molar-refractivity contribution in [3.8, 4) is 0 Å². The van der Waals surface area contributed by atoms with Crippen molar-refractivity contribution in [1.29, 1.82) is 0 Å². The largest absolute Gasteiger partial charge is 0.356 e. The van der Waals surface area contributed by atoms with Gasteiger partial charge in [-0.2, -0.15) is 0 Å². The lowest BCUT2D eigenvalue weighted by molar-refractivity contribution is 0.413. The first-order chi connectivity index (χ1) is 10.4. The van der Waals surface area contributed by atoms with E-state index >= 15 is 0 Å². The fraction of sp³-hybridized carbons (Fsp3) is 0.929. The Balaban J connectivity index is 2.37. The number of hydrogen-bond donors (Lipinski definition) is 2. The summed E-state index contributed by atoms with van der Waals surface area (Å²) in [7, 11) is -1.94. The molecule has 8 heteroatoms. The van der Waals surface area contributed by atoms with Crippen LogP contribution in [-0.2, 0) is 20.6 Å². The molecule has 0 aromatic heterocycles. The molecule has 1 rings (SSSR count). The van der Waals surface area contributed by atoms with E-state index in [0.717, 1.165) is 31.4 Å². The fourth-order valence-corrected chi connectivity index (χ4v) is 4.70. The minimum absolute atomic E-state index is 0.179. The van der Waals surface area contributed by atoms with Gasteiger partial charge in [0.25, 0.3) is 0 Å². The summed E-state index contributed by atoms with van der Waals surface area (Å²) >= 11 is 0. The van der Waals surface area contributed by atoms with Crippen molar-refractivity contribution < 1.29 is 12.6 Å². The minimum atomic E-state index is -2.91. The van der Waals surface area contributed by atoms with Crippen molar-refractivity contribution in [3.63, 3.8) is 0 Å². The van der Waals surface area contributed by atoms with Crippen molar-refractivity contribution in [2.24, 2.45) is 4.99 Å². The van der Waals surface area contributed by atoms with Crippen molar-refractivity contribution >= 4 is 26.6 Å². The SMILES string of the molecule is CCS(=O)C1CCCC(NC(=NC)NCCCS(C)(=O)=O)C1. The Kier molecular flexibility index (Phi) is 8.38. The van der Waals surface area contributed by atoms with Crippen molar-refractivity contribution in [2.45, 2.75) is 50.3 Å². The van der Waals surface area contributed by atoms with Gasteiger partial charge >= 0.3 is 0 Å². The van der Waals surface area contributed by atoms with Crippen LogP contribution in [0.5, 0.6) is 0 Å². The summed E-state index contributed by atoms with van der Waals surface area (Å²) in [6, 6.07) is 0.287. The maximum absolute atomic E-state index is 12.0. The van der Waals surface area contributed by atoms with Gasteiger partial charge in [-0.1, -0.05) is 13.3 Å². The van der Waals surface area contributed by atoms with Crippen molar-refractivity contribution in [3.05, 3.63) is 0 Å². The van der Waals surface area contributed by atoms with Gasteiger partial charge in [0, 0.05) is 47.7 Å². The van der Waals surface area contributed by atoms with Gasteiger partial charge in [-0.25, -0.2) is 8.42 Å². The Morgan fingerprint density at radius 1 is 1.36 bits per heavy atom. The Morgan fingerprint density at radius 2 is 2.09 bits per heavy atom. The first kappa shape index (κ1) is 19.4. The highest BCUT2D eigenvalue weighted by Crippen LogP contribution is 2.22. The Morgan fingerprint density at radius 3 is 2.68 bits per heavy atom.